The van der Waals surface area contributed by atoms with Crippen LogP contribution in [-0.2, 0) is 4.79 Å². The summed E-state index contributed by atoms with van der Waals surface area (Å²) in [5.41, 5.74) is 0.934. The average molecular weight is 476 g/mol. The number of rotatable bonds is 9. The van der Waals surface area contributed by atoms with Crippen LogP contribution in [0, 0.1) is 0 Å². The van der Waals surface area contributed by atoms with Gasteiger partial charge in [-0.25, -0.2) is 8.78 Å². The Hall–Kier alpha value is -2.68. The Morgan fingerprint density at radius 2 is 2.03 bits per heavy atom. The summed E-state index contributed by atoms with van der Waals surface area (Å²) in [6.45, 7) is 4.15. The Bertz CT molecular complexity index is 1040. The quantitative estimate of drug-likeness (QED) is 0.531. The normalized spacial score (nSPS) is 22.6. The molecule has 0 spiro atoms. The lowest BCUT2D eigenvalue weighted by atomic mass is 10.0. The molecule has 1 saturated carbocycles. The number of nitrogens with one attached hydrogen (secondary N) is 1. The van der Waals surface area contributed by atoms with Crippen LogP contribution in [0.2, 0.25) is 0 Å². The predicted molar refractivity (Wildman–Crippen MR) is 123 cm³/mol. The second-order valence-corrected chi connectivity index (χ2v) is 10.2. The molecule has 0 bridgehead atoms. The van der Waals surface area contributed by atoms with Crippen LogP contribution in [0.15, 0.2) is 52.3 Å². The summed E-state index contributed by atoms with van der Waals surface area (Å²) in [4.78, 5) is 31.9. The number of halogens is 2. The highest BCUT2D eigenvalue weighted by atomic mass is 32.2. The fourth-order valence-corrected chi connectivity index (χ4v) is 5.22. The van der Waals surface area contributed by atoms with Crippen molar-refractivity contribution in [3.63, 3.8) is 0 Å². The van der Waals surface area contributed by atoms with Gasteiger partial charge in [-0.3, -0.25) is 14.6 Å². The monoisotopic (exact) mass is 475 g/mol. The number of thioether (sulfide) groups is 1. The minimum Gasteiger partial charge on any atom is -0.472 e. The third-order valence-electron chi connectivity index (χ3n) is 6.08. The van der Waals surface area contributed by atoms with E-state index in [1.54, 1.807) is 31.2 Å². The molecule has 1 aromatic heterocycles. The lowest BCUT2D eigenvalue weighted by molar-refractivity contribution is -0.121. The van der Waals surface area contributed by atoms with Gasteiger partial charge in [0.15, 0.2) is 5.17 Å². The molecule has 1 N–H and O–H groups in total. The first kappa shape index (κ1) is 23.5. The maximum atomic E-state index is 13.3. The SMILES string of the molecule is C[C@H](N=C1NC(=O)C(C)(CCCN(C(=O)c2ccoc2)C2CC2)S1)c1ccccc1C(F)F. The number of nitrogens with zero attached hydrogens (tertiary/aromatic N) is 2. The summed E-state index contributed by atoms with van der Waals surface area (Å²) in [5, 5.41) is 3.24. The Kier molecular flexibility index (Phi) is 6.88. The van der Waals surface area contributed by atoms with Gasteiger partial charge in [0.1, 0.15) is 6.26 Å². The number of amidine groups is 1. The first-order chi connectivity index (χ1) is 15.8. The van der Waals surface area contributed by atoms with Crippen LogP contribution in [0.5, 0.6) is 0 Å². The zero-order valence-electron chi connectivity index (χ0n) is 18.6. The summed E-state index contributed by atoms with van der Waals surface area (Å²) >= 11 is 1.32. The minimum absolute atomic E-state index is 0.0473. The number of hydrogen-bond donors (Lipinski definition) is 1. The van der Waals surface area contributed by atoms with Gasteiger partial charge in [0.25, 0.3) is 12.3 Å². The number of amides is 2. The number of alkyl halides is 2. The first-order valence-corrected chi connectivity index (χ1v) is 11.9. The van der Waals surface area contributed by atoms with Crippen molar-refractivity contribution in [2.24, 2.45) is 4.99 Å². The molecule has 1 unspecified atom stereocenters. The van der Waals surface area contributed by atoms with Gasteiger partial charge in [0.2, 0.25) is 5.91 Å². The van der Waals surface area contributed by atoms with Gasteiger partial charge in [0.05, 0.1) is 22.6 Å². The van der Waals surface area contributed by atoms with Gasteiger partial charge in [-0.05, 0) is 51.2 Å². The molecule has 9 heteroatoms. The van der Waals surface area contributed by atoms with Crippen molar-refractivity contribution in [1.82, 2.24) is 10.2 Å². The lowest BCUT2D eigenvalue weighted by Gasteiger charge is -2.24. The molecule has 1 aromatic carbocycles. The number of aliphatic imine (C=N–C) groups is 1. The fourth-order valence-electron chi connectivity index (χ4n) is 4.05. The van der Waals surface area contributed by atoms with E-state index in [9.17, 15) is 18.4 Å². The van der Waals surface area contributed by atoms with Crippen LogP contribution >= 0.6 is 11.8 Å². The van der Waals surface area contributed by atoms with Crippen molar-refractivity contribution in [2.75, 3.05) is 6.54 Å². The zero-order chi connectivity index (χ0) is 23.6. The standard InChI is InChI=1S/C24H27F2N3O3S/c1-15(18-6-3-4-7-19(18)20(25)26)27-23-28-22(31)24(2,33-23)11-5-12-29(17-8-9-17)21(30)16-10-13-32-14-16/h3-4,6-7,10,13-15,17,20H,5,8-9,11-12H2,1-2H3,(H,27,28,31)/t15-,24?/m0/s1. The summed E-state index contributed by atoms with van der Waals surface area (Å²) in [5.74, 6) is -0.201. The third kappa shape index (κ3) is 5.29. The highest BCUT2D eigenvalue weighted by molar-refractivity contribution is 8.16. The molecule has 2 aliphatic rings. The Morgan fingerprint density at radius 3 is 2.67 bits per heavy atom. The lowest BCUT2D eigenvalue weighted by Crippen LogP contribution is -2.37. The highest BCUT2D eigenvalue weighted by Gasteiger charge is 2.43. The molecule has 33 heavy (non-hydrogen) atoms. The van der Waals surface area contributed by atoms with Crippen molar-refractivity contribution in [2.45, 2.75) is 62.8 Å². The number of hydrogen-bond acceptors (Lipinski definition) is 5. The molecule has 2 aromatic rings. The van der Waals surface area contributed by atoms with Crippen LogP contribution in [-0.4, -0.2) is 39.2 Å². The fraction of sp³-hybridized carbons (Fsp3) is 0.458. The average Bonchev–Trinajstić information content (AvgIpc) is 3.39. The number of carbonyl (C=O) groups is 2. The van der Waals surface area contributed by atoms with E-state index in [-0.39, 0.29) is 23.4 Å². The van der Waals surface area contributed by atoms with Crippen LogP contribution in [0.1, 0.15) is 73.5 Å². The molecule has 4 rings (SSSR count). The number of carbonyl (C=O) groups excluding carboxylic acids is 2. The smallest absolute Gasteiger partial charge is 0.264 e. The highest BCUT2D eigenvalue weighted by Crippen LogP contribution is 2.38. The van der Waals surface area contributed by atoms with E-state index >= 15 is 0 Å². The van der Waals surface area contributed by atoms with E-state index in [0.717, 1.165) is 12.8 Å². The van der Waals surface area contributed by atoms with Crippen LogP contribution in [0.25, 0.3) is 0 Å². The molecular weight excluding hydrogens is 448 g/mol. The topological polar surface area (TPSA) is 74.9 Å². The van der Waals surface area contributed by atoms with Crippen molar-refractivity contribution >= 4 is 28.7 Å². The molecular formula is C24H27F2N3O3S. The van der Waals surface area contributed by atoms with Crippen molar-refractivity contribution in [3.05, 3.63) is 59.5 Å². The molecule has 2 amide bonds. The Balaban J connectivity index is 1.38. The molecule has 176 valence electrons. The largest absolute Gasteiger partial charge is 0.472 e. The van der Waals surface area contributed by atoms with Crippen molar-refractivity contribution < 1.29 is 22.8 Å². The van der Waals surface area contributed by atoms with Gasteiger partial charge in [-0.15, -0.1) is 0 Å². The molecule has 1 aliphatic carbocycles. The van der Waals surface area contributed by atoms with Crippen LogP contribution in [0.4, 0.5) is 8.78 Å². The second kappa shape index (κ2) is 9.67. The first-order valence-electron chi connectivity index (χ1n) is 11.1. The van der Waals surface area contributed by atoms with E-state index in [0.29, 0.717) is 35.7 Å². The summed E-state index contributed by atoms with van der Waals surface area (Å²) in [6.07, 6.45) is 3.56. The Labute approximate surface area is 195 Å². The van der Waals surface area contributed by atoms with Gasteiger partial charge in [-0.1, -0.05) is 36.0 Å². The predicted octanol–water partition coefficient (Wildman–Crippen LogP) is 5.34. The number of furan rings is 1. The van der Waals surface area contributed by atoms with Crippen molar-refractivity contribution in [1.29, 1.82) is 0 Å². The van der Waals surface area contributed by atoms with Crippen molar-refractivity contribution in [3.8, 4) is 0 Å². The molecule has 6 nitrogen and oxygen atoms in total. The molecule has 2 fully saturated rings. The maximum Gasteiger partial charge on any atom is 0.264 e. The zero-order valence-corrected chi connectivity index (χ0v) is 19.4. The van der Waals surface area contributed by atoms with E-state index in [4.69, 9.17) is 4.42 Å². The molecule has 2 heterocycles. The molecule has 1 saturated heterocycles. The van der Waals surface area contributed by atoms with Crippen LogP contribution in [0.3, 0.4) is 0 Å². The summed E-state index contributed by atoms with van der Waals surface area (Å²) in [7, 11) is 0. The van der Waals surface area contributed by atoms with E-state index in [1.807, 2.05) is 11.8 Å². The summed E-state index contributed by atoms with van der Waals surface area (Å²) in [6, 6.07) is 7.72. The van der Waals surface area contributed by atoms with E-state index < -0.39 is 17.2 Å². The summed E-state index contributed by atoms with van der Waals surface area (Å²) < 4.78 is 31.0. The maximum absolute atomic E-state index is 13.3. The van der Waals surface area contributed by atoms with Gasteiger partial charge >= 0.3 is 0 Å². The van der Waals surface area contributed by atoms with Gasteiger partial charge in [0, 0.05) is 18.2 Å². The second-order valence-electron chi connectivity index (χ2n) is 8.67. The molecule has 2 atom stereocenters. The molecule has 1 aliphatic heterocycles. The Morgan fingerprint density at radius 1 is 1.30 bits per heavy atom. The number of benzene rings is 1. The minimum atomic E-state index is -2.58. The van der Waals surface area contributed by atoms with Crippen LogP contribution < -0.4 is 5.32 Å². The van der Waals surface area contributed by atoms with E-state index in [2.05, 4.69) is 10.3 Å². The molecule has 0 radical (unpaired) electrons. The van der Waals surface area contributed by atoms with Gasteiger partial charge in [-0.2, -0.15) is 0 Å². The van der Waals surface area contributed by atoms with Gasteiger partial charge < -0.3 is 14.6 Å². The van der Waals surface area contributed by atoms with E-state index in [1.165, 1.54) is 30.4 Å². The third-order valence-corrected chi connectivity index (χ3v) is 7.33.